The molecule has 0 amide bonds. The highest BCUT2D eigenvalue weighted by Gasteiger charge is 2.35. The highest BCUT2D eigenvalue weighted by Crippen LogP contribution is 2.35. The van der Waals surface area contributed by atoms with E-state index >= 15 is 0 Å². The zero-order valence-corrected chi connectivity index (χ0v) is 9.38. The van der Waals surface area contributed by atoms with Gasteiger partial charge < -0.3 is 14.5 Å². The number of hydrogen-bond acceptors (Lipinski definition) is 4. The van der Waals surface area contributed by atoms with Crippen LogP contribution in [0, 0.1) is 0 Å². The molecule has 1 atom stereocenters. The molecule has 0 aromatic carbocycles. The van der Waals surface area contributed by atoms with Gasteiger partial charge in [0, 0.05) is 19.6 Å². The molecule has 1 aliphatic rings. The molecule has 1 N–H and O–H groups in total. The van der Waals surface area contributed by atoms with Gasteiger partial charge >= 0.3 is 0 Å². The van der Waals surface area contributed by atoms with Gasteiger partial charge in [-0.1, -0.05) is 0 Å². The molecule has 1 aromatic heterocycles. The van der Waals surface area contributed by atoms with Crippen LogP contribution in [0.2, 0.25) is 0 Å². The van der Waals surface area contributed by atoms with Gasteiger partial charge in [0.15, 0.2) is 11.7 Å². The predicted molar refractivity (Wildman–Crippen MR) is 56.7 cm³/mol. The maximum Gasteiger partial charge on any atom is 0.195 e. The number of hydrogen-bond donors (Lipinski definition) is 1. The molecule has 84 valence electrons. The fourth-order valence-electron chi connectivity index (χ4n) is 1.88. The van der Waals surface area contributed by atoms with Gasteiger partial charge in [0.1, 0.15) is 5.60 Å². The van der Waals surface area contributed by atoms with Gasteiger partial charge in [-0.25, -0.2) is 4.98 Å². The molecular weight excluding hydrogens is 192 g/mol. The lowest BCUT2D eigenvalue weighted by Gasteiger charge is -2.19. The lowest BCUT2D eigenvalue weighted by Crippen LogP contribution is -2.18. The second-order valence-electron chi connectivity index (χ2n) is 4.15. The van der Waals surface area contributed by atoms with E-state index in [-0.39, 0.29) is 5.60 Å². The number of rotatable bonds is 4. The monoisotopic (exact) mass is 210 g/mol. The van der Waals surface area contributed by atoms with E-state index in [1.54, 1.807) is 6.20 Å². The molecule has 1 saturated heterocycles. The first-order valence-electron chi connectivity index (χ1n) is 5.48. The van der Waals surface area contributed by atoms with Gasteiger partial charge in [-0.3, -0.25) is 0 Å². The second-order valence-corrected chi connectivity index (χ2v) is 4.15. The Balaban J connectivity index is 2.05. The first kappa shape index (κ1) is 10.6. The Kier molecular flexibility index (Phi) is 3.07. The first-order chi connectivity index (χ1) is 7.24. The van der Waals surface area contributed by atoms with Crippen LogP contribution in [0.5, 0.6) is 0 Å². The summed E-state index contributed by atoms with van der Waals surface area (Å²) in [5, 5.41) is 3.07. The Labute approximate surface area is 90.0 Å². The third kappa shape index (κ3) is 2.21. The van der Waals surface area contributed by atoms with E-state index in [1.807, 2.05) is 7.05 Å². The van der Waals surface area contributed by atoms with Crippen LogP contribution in [0.3, 0.4) is 0 Å². The molecule has 4 nitrogen and oxygen atoms in total. The molecule has 1 fully saturated rings. The Morgan fingerprint density at radius 1 is 1.60 bits per heavy atom. The van der Waals surface area contributed by atoms with Crippen molar-refractivity contribution < 1.29 is 9.15 Å². The summed E-state index contributed by atoms with van der Waals surface area (Å²) in [7, 11) is 1.92. The summed E-state index contributed by atoms with van der Waals surface area (Å²) in [6.45, 7) is 3.78. The minimum atomic E-state index is -0.245. The maximum atomic E-state index is 5.70. The van der Waals surface area contributed by atoms with Gasteiger partial charge in [-0.2, -0.15) is 0 Å². The third-order valence-electron chi connectivity index (χ3n) is 2.88. The smallest absolute Gasteiger partial charge is 0.195 e. The minimum Gasteiger partial charge on any atom is -0.443 e. The minimum absolute atomic E-state index is 0.245. The summed E-state index contributed by atoms with van der Waals surface area (Å²) in [6.07, 6.45) is 4.75. The van der Waals surface area contributed by atoms with Crippen molar-refractivity contribution >= 4 is 0 Å². The van der Waals surface area contributed by atoms with Gasteiger partial charge in [-0.05, 0) is 26.8 Å². The second kappa shape index (κ2) is 4.33. The molecule has 1 aliphatic heterocycles. The Morgan fingerprint density at radius 3 is 3.13 bits per heavy atom. The molecule has 15 heavy (non-hydrogen) atoms. The van der Waals surface area contributed by atoms with E-state index in [9.17, 15) is 0 Å². The molecule has 2 heterocycles. The van der Waals surface area contributed by atoms with Crippen molar-refractivity contribution in [1.29, 1.82) is 0 Å². The number of aromatic nitrogens is 1. The molecule has 0 aliphatic carbocycles. The largest absolute Gasteiger partial charge is 0.443 e. The van der Waals surface area contributed by atoms with Crippen LogP contribution in [0.1, 0.15) is 31.4 Å². The van der Waals surface area contributed by atoms with E-state index < -0.39 is 0 Å². The highest BCUT2D eigenvalue weighted by molar-refractivity contribution is 5.07. The molecule has 0 saturated carbocycles. The van der Waals surface area contributed by atoms with Crippen molar-refractivity contribution in [2.24, 2.45) is 0 Å². The molecule has 0 spiro atoms. The lowest BCUT2D eigenvalue weighted by atomic mass is 10.0. The van der Waals surface area contributed by atoms with Gasteiger partial charge in [-0.15, -0.1) is 0 Å². The molecule has 0 bridgehead atoms. The van der Waals surface area contributed by atoms with E-state index in [1.165, 1.54) is 0 Å². The van der Waals surface area contributed by atoms with E-state index in [2.05, 4.69) is 17.2 Å². The van der Waals surface area contributed by atoms with Gasteiger partial charge in [0.05, 0.1) is 6.20 Å². The molecule has 1 aromatic rings. The fourth-order valence-corrected chi connectivity index (χ4v) is 1.88. The average Bonchev–Trinajstić information content (AvgIpc) is 2.84. The van der Waals surface area contributed by atoms with Crippen molar-refractivity contribution in [3.8, 4) is 0 Å². The lowest BCUT2D eigenvalue weighted by molar-refractivity contribution is -0.00162. The van der Waals surface area contributed by atoms with Crippen molar-refractivity contribution in [1.82, 2.24) is 10.3 Å². The van der Waals surface area contributed by atoms with Crippen LogP contribution in [-0.2, 0) is 16.8 Å². The summed E-state index contributed by atoms with van der Waals surface area (Å²) in [4.78, 5) is 4.26. The SMILES string of the molecule is CNCCc1ncc(C2(C)CCCO2)o1. The van der Waals surface area contributed by atoms with Crippen molar-refractivity contribution in [3.63, 3.8) is 0 Å². The molecule has 2 rings (SSSR count). The van der Waals surface area contributed by atoms with Crippen LogP contribution in [0.15, 0.2) is 10.6 Å². The summed E-state index contributed by atoms with van der Waals surface area (Å²) < 4.78 is 11.4. The average molecular weight is 210 g/mol. The number of oxazole rings is 1. The number of ether oxygens (including phenoxy) is 1. The number of nitrogens with zero attached hydrogens (tertiary/aromatic N) is 1. The van der Waals surface area contributed by atoms with E-state index in [0.29, 0.717) is 0 Å². The zero-order valence-electron chi connectivity index (χ0n) is 9.38. The first-order valence-corrected chi connectivity index (χ1v) is 5.48. The van der Waals surface area contributed by atoms with Crippen molar-refractivity contribution in [3.05, 3.63) is 17.8 Å². The van der Waals surface area contributed by atoms with E-state index in [4.69, 9.17) is 9.15 Å². The Bertz CT molecular complexity index is 316. The van der Waals surface area contributed by atoms with Gasteiger partial charge in [0.2, 0.25) is 0 Å². The normalized spacial score (nSPS) is 26.0. The maximum absolute atomic E-state index is 5.70. The number of likely N-dealkylation sites (N-methyl/N-ethyl adjacent to an activating group) is 1. The van der Waals surface area contributed by atoms with Crippen molar-refractivity contribution in [2.45, 2.75) is 31.8 Å². The zero-order chi connectivity index (χ0) is 10.7. The molecular formula is C11H18N2O2. The van der Waals surface area contributed by atoms with Crippen LogP contribution in [0.4, 0.5) is 0 Å². The van der Waals surface area contributed by atoms with Crippen LogP contribution in [-0.4, -0.2) is 25.2 Å². The standard InChI is InChI=1S/C11H18N2O2/c1-11(5-3-7-14-11)9-8-13-10(15-9)4-6-12-2/h8,12H,3-7H2,1-2H3. The van der Waals surface area contributed by atoms with Crippen molar-refractivity contribution in [2.75, 3.05) is 20.2 Å². The number of nitrogens with one attached hydrogen (secondary N) is 1. The third-order valence-corrected chi connectivity index (χ3v) is 2.88. The topological polar surface area (TPSA) is 47.3 Å². The highest BCUT2D eigenvalue weighted by atomic mass is 16.5. The van der Waals surface area contributed by atoms with Crippen LogP contribution in [0.25, 0.3) is 0 Å². The van der Waals surface area contributed by atoms with E-state index in [0.717, 1.165) is 44.1 Å². The quantitative estimate of drug-likeness (QED) is 0.817. The van der Waals surface area contributed by atoms with Crippen LogP contribution >= 0.6 is 0 Å². The summed E-state index contributed by atoms with van der Waals surface area (Å²) >= 11 is 0. The predicted octanol–water partition coefficient (Wildman–Crippen LogP) is 1.46. The molecule has 1 unspecified atom stereocenters. The summed E-state index contributed by atoms with van der Waals surface area (Å²) in [5.41, 5.74) is -0.245. The summed E-state index contributed by atoms with van der Waals surface area (Å²) in [5.74, 6) is 1.65. The Hall–Kier alpha value is -0.870. The summed E-state index contributed by atoms with van der Waals surface area (Å²) in [6, 6.07) is 0. The van der Waals surface area contributed by atoms with Crippen LogP contribution < -0.4 is 5.32 Å². The van der Waals surface area contributed by atoms with Gasteiger partial charge in [0.25, 0.3) is 0 Å². The molecule has 4 heteroatoms. The molecule has 0 radical (unpaired) electrons. The fraction of sp³-hybridized carbons (Fsp3) is 0.727. The Morgan fingerprint density at radius 2 is 2.47 bits per heavy atom.